The number of aromatic nitrogens is 2. The molecule has 1 saturated carbocycles. The quantitative estimate of drug-likeness (QED) is 0.718. The van der Waals surface area contributed by atoms with E-state index in [1.807, 2.05) is 12.1 Å². The number of furan rings is 1. The van der Waals surface area contributed by atoms with Gasteiger partial charge >= 0.3 is 0 Å². The average molecular weight is 361 g/mol. The molecule has 3 aromatic rings. The Hall–Kier alpha value is -2.65. The highest BCUT2D eigenvalue weighted by molar-refractivity contribution is 7.89. The van der Waals surface area contributed by atoms with Gasteiger partial charge in [0.2, 0.25) is 10.9 Å². The number of hydrogen-bond donors (Lipinski definition) is 1. The van der Waals surface area contributed by atoms with Crippen LogP contribution in [0.5, 0.6) is 5.75 Å². The van der Waals surface area contributed by atoms with Crippen LogP contribution < -0.4 is 9.46 Å². The minimum atomic E-state index is -3.66. The maximum absolute atomic E-state index is 12.1. The van der Waals surface area contributed by atoms with Gasteiger partial charge in [0.25, 0.3) is 15.9 Å². The number of nitrogens with zero attached hydrogens (tertiary/aromatic N) is 2. The third kappa shape index (κ3) is 3.28. The Kier molecular flexibility index (Phi) is 3.81. The van der Waals surface area contributed by atoms with Crippen LogP contribution in [0.3, 0.4) is 0 Å². The highest BCUT2D eigenvalue weighted by Crippen LogP contribution is 2.28. The van der Waals surface area contributed by atoms with Crippen LogP contribution in [0.1, 0.15) is 12.8 Å². The predicted octanol–water partition coefficient (Wildman–Crippen LogP) is 2.45. The molecule has 25 heavy (non-hydrogen) atoms. The van der Waals surface area contributed by atoms with Crippen molar-refractivity contribution in [1.82, 2.24) is 14.9 Å². The van der Waals surface area contributed by atoms with E-state index in [2.05, 4.69) is 14.9 Å². The molecule has 2 aromatic heterocycles. The van der Waals surface area contributed by atoms with E-state index in [4.69, 9.17) is 13.7 Å². The number of nitrogens with one attached hydrogen (secondary N) is 1. The molecule has 0 aliphatic heterocycles. The molecule has 1 N–H and O–H groups in total. The smallest absolute Gasteiger partial charge is 0.293 e. The predicted molar refractivity (Wildman–Crippen MR) is 87.3 cm³/mol. The second-order valence-corrected chi connectivity index (χ2v) is 7.31. The lowest BCUT2D eigenvalue weighted by Gasteiger charge is -2.00. The van der Waals surface area contributed by atoms with E-state index in [1.54, 1.807) is 19.2 Å². The maximum atomic E-state index is 12.1. The highest BCUT2D eigenvalue weighted by atomic mass is 32.2. The van der Waals surface area contributed by atoms with Gasteiger partial charge in [0.1, 0.15) is 5.75 Å². The molecule has 0 atom stereocenters. The van der Waals surface area contributed by atoms with Crippen LogP contribution >= 0.6 is 0 Å². The molecule has 4 rings (SSSR count). The van der Waals surface area contributed by atoms with Crippen LogP contribution in [0.15, 0.2) is 50.4 Å². The van der Waals surface area contributed by atoms with Gasteiger partial charge in [-0.2, -0.15) is 4.98 Å². The number of sulfonamides is 1. The van der Waals surface area contributed by atoms with E-state index in [9.17, 15) is 8.42 Å². The summed E-state index contributed by atoms with van der Waals surface area (Å²) in [6, 6.07) is 10.1. The van der Waals surface area contributed by atoms with Gasteiger partial charge in [-0.1, -0.05) is 17.3 Å². The van der Waals surface area contributed by atoms with Crippen molar-refractivity contribution in [3.8, 4) is 28.8 Å². The van der Waals surface area contributed by atoms with Gasteiger partial charge in [0, 0.05) is 11.6 Å². The van der Waals surface area contributed by atoms with Crippen molar-refractivity contribution < 1.29 is 22.1 Å². The Labute approximate surface area is 143 Å². The van der Waals surface area contributed by atoms with Crippen molar-refractivity contribution in [3.63, 3.8) is 0 Å². The van der Waals surface area contributed by atoms with Crippen LogP contribution in [-0.4, -0.2) is 31.7 Å². The molecule has 1 aromatic carbocycles. The third-order valence-corrected chi connectivity index (χ3v) is 5.10. The van der Waals surface area contributed by atoms with Gasteiger partial charge in [0.05, 0.1) is 7.11 Å². The molecule has 0 spiro atoms. The van der Waals surface area contributed by atoms with Crippen molar-refractivity contribution in [2.45, 2.75) is 24.0 Å². The van der Waals surface area contributed by atoms with Crippen molar-refractivity contribution in [2.24, 2.45) is 0 Å². The van der Waals surface area contributed by atoms with Crippen LogP contribution in [0.2, 0.25) is 0 Å². The summed E-state index contributed by atoms with van der Waals surface area (Å²) in [6.07, 6.45) is 1.70. The summed E-state index contributed by atoms with van der Waals surface area (Å²) in [5, 5.41) is 3.73. The zero-order valence-corrected chi connectivity index (χ0v) is 14.1. The average Bonchev–Trinajstić information content (AvgIpc) is 3.10. The topological polar surface area (TPSA) is 107 Å². The fourth-order valence-corrected chi connectivity index (χ4v) is 3.50. The van der Waals surface area contributed by atoms with E-state index < -0.39 is 10.0 Å². The van der Waals surface area contributed by atoms with E-state index in [0.29, 0.717) is 17.1 Å². The Morgan fingerprint density at radius 3 is 2.84 bits per heavy atom. The monoisotopic (exact) mass is 361 g/mol. The summed E-state index contributed by atoms with van der Waals surface area (Å²) in [5.41, 5.74) is 0.712. The second-order valence-electron chi connectivity index (χ2n) is 5.67. The van der Waals surface area contributed by atoms with Gasteiger partial charge in [-0.3, -0.25) is 0 Å². The van der Waals surface area contributed by atoms with Crippen LogP contribution in [0.4, 0.5) is 0 Å². The summed E-state index contributed by atoms with van der Waals surface area (Å²) in [4.78, 5) is 4.25. The molecular weight excluding hydrogens is 346 g/mol. The van der Waals surface area contributed by atoms with Crippen molar-refractivity contribution in [3.05, 3.63) is 36.4 Å². The maximum Gasteiger partial charge on any atom is 0.293 e. The number of benzene rings is 1. The minimum absolute atomic E-state index is 0.00150. The van der Waals surface area contributed by atoms with Gasteiger partial charge in [-0.15, -0.1) is 0 Å². The number of methoxy groups -OCH3 is 1. The lowest BCUT2D eigenvalue weighted by Crippen LogP contribution is -2.25. The van der Waals surface area contributed by atoms with Gasteiger partial charge < -0.3 is 13.7 Å². The van der Waals surface area contributed by atoms with Crippen molar-refractivity contribution in [1.29, 1.82) is 0 Å². The largest absolute Gasteiger partial charge is 0.497 e. The summed E-state index contributed by atoms with van der Waals surface area (Å²) < 4.78 is 42.6. The van der Waals surface area contributed by atoms with E-state index in [-0.39, 0.29) is 22.8 Å². The first kappa shape index (κ1) is 15.9. The third-order valence-electron chi connectivity index (χ3n) is 3.71. The molecule has 1 aliphatic carbocycles. The lowest BCUT2D eigenvalue weighted by atomic mass is 10.2. The molecule has 130 valence electrons. The first-order chi connectivity index (χ1) is 12.0. The fourth-order valence-electron chi connectivity index (χ4n) is 2.26. The molecular formula is C16H15N3O5S. The van der Waals surface area contributed by atoms with E-state index >= 15 is 0 Å². The molecule has 8 nitrogen and oxygen atoms in total. The van der Waals surface area contributed by atoms with Crippen molar-refractivity contribution in [2.75, 3.05) is 7.11 Å². The fraction of sp³-hybridized carbons (Fsp3) is 0.250. The number of hydrogen-bond acceptors (Lipinski definition) is 7. The van der Waals surface area contributed by atoms with Crippen LogP contribution in [0.25, 0.3) is 23.0 Å². The SMILES string of the molecule is COc1cccc(-c2noc(-c3ccc(S(=O)(=O)NC4CC4)o3)n2)c1. The zero-order chi connectivity index (χ0) is 17.4. The van der Waals surface area contributed by atoms with Crippen LogP contribution in [-0.2, 0) is 10.0 Å². The first-order valence-electron chi connectivity index (χ1n) is 7.66. The van der Waals surface area contributed by atoms with Gasteiger partial charge in [-0.05, 0) is 37.1 Å². The Bertz CT molecular complexity index is 1000. The van der Waals surface area contributed by atoms with E-state index in [1.165, 1.54) is 12.1 Å². The summed E-state index contributed by atoms with van der Waals surface area (Å²) in [5.74, 6) is 1.32. The molecule has 9 heteroatoms. The Morgan fingerprint density at radius 2 is 2.08 bits per heavy atom. The number of rotatable bonds is 6. The van der Waals surface area contributed by atoms with Gasteiger partial charge in [0.15, 0.2) is 5.76 Å². The molecule has 1 aliphatic rings. The number of ether oxygens (including phenoxy) is 1. The highest BCUT2D eigenvalue weighted by Gasteiger charge is 2.30. The molecule has 1 fully saturated rings. The Morgan fingerprint density at radius 1 is 1.24 bits per heavy atom. The normalized spacial score (nSPS) is 14.6. The van der Waals surface area contributed by atoms with Crippen molar-refractivity contribution >= 4 is 10.0 Å². The summed E-state index contributed by atoms with van der Waals surface area (Å²) >= 11 is 0. The minimum Gasteiger partial charge on any atom is -0.497 e. The van der Waals surface area contributed by atoms with E-state index in [0.717, 1.165) is 12.8 Å². The standard InChI is InChI=1S/C16H15N3O5S/c1-22-12-4-2-3-10(9-12)15-17-16(24-18-15)13-7-8-14(23-13)25(20,21)19-11-5-6-11/h2-4,7-9,11,19H,5-6H2,1H3. The first-order valence-corrected chi connectivity index (χ1v) is 9.14. The van der Waals surface area contributed by atoms with Crippen LogP contribution in [0, 0.1) is 0 Å². The Balaban J connectivity index is 1.60. The summed E-state index contributed by atoms with van der Waals surface area (Å²) in [6.45, 7) is 0. The molecule has 0 radical (unpaired) electrons. The summed E-state index contributed by atoms with van der Waals surface area (Å²) in [7, 11) is -2.09. The molecule has 0 saturated heterocycles. The molecule has 0 bridgehead atoms. The molecule has 0 amide bonds. The second kappa shape index (κ2) is 6.01. The molecule has 2 heterocycles. The lowest BCUT2D eigenvalue weighted by molar-refractivity contribution is 0.398. The molecule has 0 unspecified atom stereocenters. The van der Waals surface area contributed by atoms with Gasteiger partial charge in [-0.25, -0.2) is 13.1 Å². The zero-order valence-electron chi connectivity index (χ0n) is 13.3.